The number of ether oxygens (including phenoxy) is 1. The monoisotopic (exact) mass is 240 g/mol. The molecule has 0 aliphatic carbocycles. The first kappa shape index (κ1) is 13.3. The maximum atomic E-state index is 5.62. The zero-order valence-corrected chi connectivity index (χ0v) is 11.9. The van der Waals surface area contributed by atoms with Crippen LogP contribution in [0.25, 0.3) is 0 Å². The Morgan fingerprint density at radius 2 is 2.06 bits per heavy atom. The summed E-state index contributed by atoms with van der Waals surface area (Å²) in [6.07, 6.45) is 1.26. The van der Waals surface area contributed by atoms with Crippen molar-refractivity contribution in [3.8, 4) is 0 Å². The van der Waals surface area contributed by atoms with E-state index in [1.54, 1.807) is 0 Å². The average molecular weight is 240 g/mol. The van der Waals surface area contributed by atoms with E-state index in [0.717, 1.165) is 25.7 Å². The fraction of sp³-hybridized carbons (Fsp3) is 1.00. The molecule has 0 N–H and O–H groups in total. The molecule has 0 aromatic carbocycles. The number of hydrogen-bond acceptors (Lipinski definition) is 3. The second kappa shape index (κ2) is 5.25. The Labute approximate surface area is 106 Å². The van der Waals surface area contributed by atoms with Crippen LogP contribution in [0.15, 0.2) is 0 Å². The van der Waals surface area contributed by atoms with Crippen molar-refractivity contribution in [1.29, 1.82) is 0 Å². The SMILES string of the molecule is CCC(C)C(C)(C)N1CCN2CCOCC2C1. The summed E-state index contributed by atoms with van der Waals surface area (Å²) in [5.41, 5.74) is 0.318. The Morgan fingerprint density at radius 1 is 1.29 bits per heavy atom. The molecule has 3 heteroatoms. The summed E-state index contributed by atoms with van der Waals surface area (Å²) in [5, 5.41) is 0. The first-order chi connectivity index (χ1) is 8.05. The predicted octanol–water partition coefficient (Wildman–Crippen LogP) is 1.83. The van der Waals surface area contributed by atoms with Crippen LogP contribution < -0.4 is 0 Å². The molecule has 2 aliphatic heterocycles. The summed E-state index contributed by atoms with van der Waals surface area (Å²) >= 11 is 0. The normalized spacial score (nSPS) is 30.0. The van der Waals surface area contributed by atoms with Gasteiger partial charge in [-0.15, -0.1) is 0 Å². The summed E-state index contributed by atoms with van der Waals surface area (Å²) in [5.74, 6) is 0.749. The van der Waals surface area contributed by atoms with Crippen molar-refractivity contribution in [2.45, 2.75) is 45.7 Å². The molecule has 2 saturated heterocycles. The molecule has 0 radical (unpaired) electrons. The van der Waals surface area contributed by atoms with E-state index >= 15 is 0 Å². The molecule has 0 spiro atoms. The highest BCUT2D eigenvalue weighted by Crippen LogP contribution is 2.29. The van der Waals surface area contributed by atoms with Gasteiger partial charge in [0.25, 0.3) is 0 Å². The van der Waals surface area contributed by atoms with Crippen LogP contribution in [0.4, 0.5) is 0 Å². The van der Waals surface area contributed by atoms with E-state index in [1.807, 2.05) is 0 Å². The molecule has 0 aromatic heterocycles. The van der Waals surface area contributed by atoms with Crippen LogP contribution in [0.5, 0.6) is 0 Å². The van der Waals surface area contributed by atoms with Gasteiger partial charge in [-0.05, 0) is 19.8 Å². The van der Waals surface area contributed by atoms with Crippen molar-refractivity contribution < 1.29 is 4.74 Å². The Hall–Kier alpha value is -0.120. The zero-order valence-electron chi connectivity index (χ0n) is 11.9. The molecule has 3 nitrogen and oxygen atoms in total. The summed E-state index contributed by atoms with van der Waals surface area (Å²) in [6, 6.07) is 0.626. The predicted molar refractivity (Wildman–Crippen MR) is 71.3 cm³/mol. The van der Waals surface area contributed by atoms with E-state index in [9.17, 15) is 0 Å². The van der Waals surface area contributed by atoms with Gasteiger partial charge >= 0.3 is 0 Å². The van der Waals surface area contributed by atoms with Crippen LogP contribution in [-0.4, -0.2) is 60.8 Å². The van der Waals surface area contributed by atoms with Gasteiger partial charge in [0.05, 0.1) is 13.2 Å². The molecule has 0 saturated carbocycles. The van der Waals surface area contributed by atoms with Gasteiger partial charge in [0.1, 0.15) is 0 Å². The lowest BCUT2D eigenvalue weighted by Gasteiger charge is -2.51. The number of piperazine rings is 1. The van der Waals surface area contributed by atoms with Crippen LogP contribution >= 0.6 is 0 Å². The van der Waals surface area contributed by atoms with Gasteiger partial charge < -0.3 is 4.74 Å². The molecule has 2 unspecified atom stereocenters. The molecule has 0 amide bonds. The molecule has 0 aromatic rings. The standard InChI is InChI=1S/C14H28N2O/c1-5-12(2)14(3,4)16-7-6-15-8-9-17-11-13(15)10-16/h12-13H,5-11H2,1-4H3. The van der Waals surface area contributed by atoms with Crippen LogP contribution in [0.2, 0.25) is 0 Å². The molecule has 2 aliphatic rings. The summed E-state index contributed by atoms with van der Waals surface area (Å²) in [6.45, 7) is 16.1. The summed E-state index contributed by atoms with van der Waals surface area (Å²) in [7, 11) is 0. The Morgan fingerprint density at radius 3 is 2.76 bits per heavy atom. The number of nitrogens with zero attached hydrogens (tertiary/aromatic N) is 2. The highest BCUT2D eigenvalue weighted by molar-refractivity contribution is 4.93. The Kier molecular flexibility index (Phi) is 4.11. The highest BCUT2D eigenvalue weighted by Gasteiger charge is 2.38. The number of morpholine rings is 1. The first-order valence-electron chi connectivity index (χ1n) is 7.12. The van der Waals surface area contributed by atoms with Crippen LogP contribution in [0.1, 0.15) is 34.1 Å². The largest absolute Gasteiger partial charge is 0.378 e. The Balaban J connectivity index is 1.99. The molecule has 0 bridgehead atoms. The van der Waals surface area contributed by atoms with Crippen molar-refractivity contribution in [3.63, 3.8) is 0 Å². The van der Waals surface area contributed by atoms with Crippen LogP contribution in [-0.2, 0) is 4.74 Å². The molecular formula is C14H28N2O. The maximum absolute atomic E-state index is 5.62. The van der Waals surface area contributed by atoms with Crippen molar-refractivity contribution in [2.75, 3.05) is 39.4 Å². The molecule has 2 atom stereocenters. The molecule has 2 rings (SSSR count). The maximum Gasteiger partial charge on any atom is 0.0634 e. The van der Waals surface area contributed by atoms with E-state index in [-0.39, 0.29) is 0 Å². The molecule has 2 fully saturated rings. The number of fused-ring (bicyclic) bond motifs is 1. The van der Waals surface area contributed by atoms with E-state index in [4.69, 9.17) is 4.74 Å². The Bertz CT molecular complexity index is 255. The molecule has 17 heavy (non-hydrogen) atoms. The minimum absolute atomic E-state index is 0.318. The van der Waals surface area contributed by atoms with Crippen LogP contribution in [0, 0.1) is 5.92 Å². The number of hydrogen-bond donors (Lipinski definition) is 0. The second-order valence-electron chi connectivity index (χ2n) is 6.17. The lowest BCUT2D eigenvalue weighted by atomic mass is 9.84. The van der Waals surface area contributed by atoms with Crippen molar-refractivity contribution in [2.24, 2.45) is 5.92 Å². The van der Waals surface area contributed by atoms with Gasteiger partial charge in [0, 0.05) is 37.8 Å². The van der Waals surface area contributed by atoms with Gasteiger partial charge in [-0.3, -0.25) is 9.80 Å². The lowest BCUT2D eigenvalue weighted by Crippen LogP contribution is -2.63. The first-order valence-corrected chi connectivity index (χ1v) is 7.12. The smallest absolute Gasteiger partial charge is 0.0634 e. The fourth-order valence-corrected chi connectivity index (χ4v) is 3.08. The second-order valence-corrected chi connectivity index (χ2v) is 6.17. The quantitative estimate of drug-likeness (QED) is 0.748. The minimum Gasteiger partial charge on any atom is -0.378 e. The molecule has 100 valence electrons. The third kappa shape index (κ3) is 2.67. The van der Waals surface area contributed by atoms with E-state index in [1.165, 1.54) is 26.1 Å². The van der Waals surface area contributed by atoms with E-state index < -0.39 is 0 Å². The molecular weight excluding hydrogens is 212 g/mol. The average Bonchev–Trinajstić information content (AvgIpc) is 2.37. The third-order valence-corrected chi connectivity index (χ3v) is 5.07. The van der Waals surface area contributed by atoms with Crippen molar-refractivity contribution >= 4 is 0 Å². The van der Waals surface area contributed by atoms with E-state index in [2.05, 4.69) is 37.5 Å². The minimum atomic E-state index is 0.318. The van der Waals surface area contributed by atoms with Crippen molar-refractivity contribution in [3.05, 3.63) is 0 Å². The van der Waals surface area contributed by atoms with Crippen molar-refractivity contribution in [1.82, 2.24) is 9.80 Å². The highest BCUT2D eigenvalue weighted by atomic mass is 16.5. The van der Waals surface area contributed by atoms with E-state index in [0.29, 0.717) is 11.6 Å². The number of rotatable bonds is 3. The summed E-state index contributed by atoms with van der Waals surface area (Å²) in [4.78, 5) is 5.28. The topological polar surface area (TPSA) is 15.7 Å². The van der Waals surface area contributed by atoms with Gasteiger partial charge in [-0.25, -0.2) is 0 Å². The fourth-order valence-electron chi connectivity index (χ4n) is 3.08. The van der Waals surface area contributed by atoms with Gasteiger partial charge in [0.2, 0.25) is 0 Å². The third-order valence-electron chi connectivity index (χ3n) is 5.07. The van der Waals surface area contributed by atoms with Gasteiger partial charge in [-0.1, -0.05) is 20.3 Å². The van der Waals surface area contributed by atoms with Gasteiger partial charge in [0.15, 0.2) is 0 Å². The zero-order chi connectivity index (χ0) is 12.5. The van der Waals surface area contributed by atoms with Gasteiger partial charge in [-0.2, -0.15) is 0 Å². The summed E-state index contributed by atoms with van der Waals surface area (Å²) < 4.78 is 5.62. The lowest BCUT2D eigenvalue weighted by molar-refractivity contribution is -0.0736. The van der Waals surface area contributed by atoms with Crippen LogP contribution in [0.3, 0.4) is 0 Å². The molecule has 2 heterocycles.